The molecule has 0 aliphatic rings. The van der Waals surface area contributed by atoms with Crippen LogP contribution in [0.4, 0.5) is 5.69 Å². The molecule has 2 rings (SSSR count). The van der Waals surface area contributed by atoms with Crippen LogP contribution in [-0.2, 0) is 21.2 Å². The topological polar surface area (TPSA) is 75.7 Å². The maximum absolute atomic E-state index is 12.5. The van der Waals surface area contributed by atoms with Crippen LogP contribution in [-0.4, -0.2) is 34.5 Å². The molecule has 0 unspecified atom stereocenters. The molecule has 0 aromatic heterocycles. The number of para-hydroxylation sites is 1. The molecule has 0 heterocycles. The zero-order chi connectivity index (χ0) is 20.0. The number of methoxy groups -OCH3 is 1. The molecule has 6 nitrogen and oxygen atoms in total. The maximum atomic E-state index is 12.5. The number of sulfonamides is 1. The highest BCUT2D eigenvalue weighted by Crippen LogP contribution is 2.22. The molecule has 0 bridgehead atoms. The summed E-state index contributed by atoms with van der Waals surface area (Å²) in [5.41, 5.74) is 2.59. The molecule has 0 saturated heterocycles. The molecule has 0 aliphatic heterocycles. The lowest BCUT2D eigenvalue weighted by atomic mass is 10.1. The Hall–Kier alpha value is -2.38. The number of anilines is 1. The third-order valence-electron chi connectivity index (χ3n) is 4.35. The number of ether oxygens (including phenoxy) is 1. The summed E-state index contributed by atoms with van der Waals surface area (Å²) < 4.78 is 32.8. The van der Waals surface area contributed by atoms with Crippen LogP contribution in [0.15, 0.2) is 47.4 Å². The summed E-state index contributed by atoms with van der Waals surface area (Å²) in [5, 5.41) is 0. The van der Waals surface area contributed by atoms with Gasteiger partial charge in [0, 0.05) is 25.7 Å². The third kappa shape index (κ3) is 5.08. The molecule has 27 heavy (non-hydrogen) atoms. The Labute approximate surface area is 161 Å². The van der Waals surface area contributed by atoms with E-state index >= 15 is 0 Å². The number of aryl methyl sites for hydroxylation is 2. The number of carbonyl (C=O) groups excluding carboxylic acids is 1. The molecular formula is C20H26N2O4S. The number of benzene rings is 2. The van der Waals surface area contributed by atoms with Crippen LogP contribution >= 0.6 is 0 Å². The summed E-state index contributed by atoms with van der Waals surface area (Å²) in [6, 6.07) is 12.3. The van der Waals surface area contributed by atoms with Crippen LogP contribution in [0.3, 0.4) is 0 Å². The highest BCUT2D eigenvalue weighted by atomic mass is 32.2. The first-order valence-corrected chi connectivity index (χ1v) is 10.3. The Balaban J connectivity index is 2.12. The lowest BCUT2D eigenvalue weighted by molar-refractivity contribution is -0.116. The Morgan fingerprint density at radius 3 is 2.48 bits per heavy atom. The van der Waals surface area contributed by atoms with Gasteiger partial charge in [-0.3, -0.25) is 4.79 Å². The lowest BCUT2D eigenvalue weighted by Crippen LogP contribution is -2.38. The van der Waals surface area contributed by atoms with E-state index in [0.29, 0.717) is 5.75 Å². The first kappa shape index (κ1) is 20.9. The van der Waals surface area contributed by atoms with E-state index in [1.165, 1.54) is 13.0 Å². The van der Waals surface area contributed by atoms with Crippen molar-refractivity contribution in [3.63, 3.8) is 0 Å². The van der Waals surface area contributed by atoms with Gasteiger partial charge in [0.25, 0.3) is 0 Å². The molecule has 0 fully saturated rings. The lowest BCUT2D eigenvalue weighted by Gasteiger charge is -2.24. The van der Waals surface area contributed by atoms with Crippen LogP contribution in [0.25, 0.3) is 0 Å². The van der Waals surface area contributed by atoms with Gasteiger partial charge in [0.05, 0.1) is 12.0 Å². The molecule has 1 amide bonds. The van der Waals surface area contributed by atoms with Crippen molar-refractivity contribution in [1.29, 1.82) is 0 Å². The molecule has 2 aromatic rings. The van der Waals surface area contributed by atoms with Crippen molar-refractivity contribution in [1.82, 2.24) is 4.72 Å². The minimum atomic E-state index is -3.67. The fraction of sp³-hybridized carbons (Fsp3) is 0.350. The molecule has 146 valence electrons. The zero-order valence-corrected chi connectivity index (χ0v) is 17.0. The van der Waals surface area contributed by atoms with Crippen molar-refractivity contribution in [2.45, 2.75) is 32.1 Å². The van der Waals surface area contributed by atoms with Gasteiger partial charge >= 0.3 is 0 Å². The SMILES string of the molecule is CCc1ccccc1N(CCNS(=O)(=O)c1ccc(OC)c(C)c1)C(C)=O. The minimum Gasteiger partial charge on any atom is -0.496 e. The van der Waals surface area contributed by atoms with Crippen molar-refractivity contribution >= 4 is 21.6 Å². The minimum absolute atomic E-state index is 0.116. The van der Waals surface area contributed by atoms with Gasteiger partial charge in [-0.15, -0.1) is 0 Å². The van der Waals surface area contributed by atoms with Crippen LogP contribution < -0.4 is 14.4 Å². The predicted molar refractivity (Wildman–Crippen MR) is 107 cm³/mol. The summed E-state index contributed by atoms with van der Waals surface area (Å²) >= 11 is 0. The van der Waals surface area contributed by atoms with Crippen LogP contribution in [0, 0.1) is 6.92 Å². The number of nitrogens with zero attached hydrogens (tertiary/aromatic N) is 1. The van der Waals surface area contributed by atoms with E-state index in [2.05, 4.69) is 4.72 Å². The fourth-order valence-electron chi connectivity index (χ4n) is 2.91. The van der Waals surface area contributed by atoms with Crippen LogP contribution in [0.1, 0.15) is 25.0 Å². The largest absolute Gasteiger partial charge is 0.496 e. The van der Waals surface area contributed by atoms with Crippen molar-refractivity contribution in [3.05, 3.63) is 53.6 Å². The van der Waals surface area contributed by atoms with E-state index in [1.54, 1.807) is 31.1 Å². The number of hydrogen-bond acceptors (Lipinski definition) is 4. The molecule has 0 atom stereocenters. The first-order chi connectivity index (χ1) is 12.8. The Kier molecular flexibility index (Phi) is 6.98. The normalized spacial score (nSPS) is 11.3. The number of carbonyl (C=O) groups is 1. The Morgan fingerprint density at radius 2 is 1.89 bits per heavy atom. The van der Waals surface area contributed by atoms with Crippen molar-refractivity contribution in [2.24, 2.45) is 0 Å². The van der Waals surface area contributed by atoms with Gasteiger partial charge in [0.2, 0.25) is 15.9 Å². The highest BCUT2D eigenvalue weighted by molar-refractivity contribution is 7.89. The van der Waals surface area contributed by atoms with E-state index in [1.807, 2.05) is 31.2 Å². The Bertz CT molecular complexity index is 910. The zero-order valence-electron chi connectivity index (χ0n) is 16.2. The quantitative estimate of drug-likeness (QED) is 0.752. The van der Waals surface area contributed by atoms with E-state index in [4.69, 9.17) is 4.74 Å². The smallest absolute Gasteiger partial charge is 0.240 e. The monoisotopic (exact) mass is 390 g/mol. The molecule has 0 spiro atoms. The van der Waals surface area contributed by atoms with Gasteiger partial charge in [0.1, 0.15) is 5.75 Å². The molecule has 0 radical (unpaired) electrons. The molecule has 1 N–H and O–H groups in total. The van der Waals surface area contributed by atoms with Crippen molar-refractivity contribution < 1.29 is 17.9 Å². The second kappa shape index (κ2) is 9.01. The van der Waals surface area contributed by atoms with Crippen LogP contribution in [0.2, 0.25) is 0 Å². The van der Waals surface area contributed by atoms with Crippen LogP contribution in [0.5, 0.6) is 5.75 Å². The second-order valence-corrected chi connectivity index (χ2v) is 7.95. The molecular weight excluding hydrogens is 364 g/mol. The second-order valence-electron chi connectivity index (χ2n) is 6.18. The summed E-state index contributed by atoms with van der Waals surface area (Å²) in [6.45, 7) is 5.66. The number of hydrogen-bond donors (Lipinski definition) is 1. The van der Waals surface area contributed by atoms with Crippen molar-refractivity contribution in [2.75, 3.05) is 25.1 Å². The predicted octanol–water partition coefficient (Wildman–Crippen LogP) is 2.90. The summed E-state index contributed by atoms with van der Waals surface area (Å²) in [4.78, 5) is 13.9. The molecule has 0 saturated carbocycles. The number of rotatable bonds is 8. The van der Waals surface area contributed by atoms with E-state index in [0.717, 1.165) is 23.2 Å². The Morgan fingerprint density at radius 1 is 1.19 bits per heavy atom. The number of amides is 1. The first-order valence-electron chi connectivity index (χ1n) is 8.80. The average molecular weight is 391 g/mol. The van der Waals surface area contributed by atoms with E-state index in [-0.39, 0.29) is 23.9 Å². The third-order valence-corrected chi connectivity index (χ3v) is 5.81. The van der Waals surface area contributed by atoms with E-state index in [9.17, 15) is 13.2 Å². The number of nitrogens with one attached hydrogen (secondary N) is 1. The van der Waals surface area contributed by atoms with E-state index < -0.39 is 10.0 Å². The van der Waals surface area contributed by atoms with Gasteiger partial charge < -0.3 is 9.64 Å². The standard InChI is InChI=1S/C20H26N2O4S/c1-5-17-8-6-7-9-19(17)22(16(3)23)13-12-21-27(24,25)18-10-11-20(26-4)15(2)14-18/h6-11,14,21H,5,12-13H2,1-4H3. The van der Waals surface area contributed by atoms with Gasteiger partial charge in [-0.05, 0) is 48.7 Å². The van der Waals surface area contributed by atoms with Gasteiger partial charge in [0.15, 0.2) is 0 Å². The fourth-order valence-corrected chi connectivity index (χ4v) is 4.02. The summed E-state index contributed by atoms with van der Waals surface area (Å²) in [5.74, 6) is 0.503. The molecule has 0 aliphatic carbocycles. The van der Waals surface area contributed by atoms with Gasteiger partial charge in [-0.1, -0.05) is 25.1 Å². The van der Waals surface area contributed by atoms with Gasteiger partial charge in [-0.25, -0.2) is 13.1 Å². The van der Waals surface area contributed by atoms with Crippen molar-refractivity contribution in [3.8, 4) is 5.75 Å². The molecule has 7 heteroatoms. The maximum Gasteiger partial charge on any atom is 0.240 e. The highest BCUT2D eigenvalue weighted by Gasteiger charge is 2.18. The summed E-state index contributed by atoms with van der Waals surface area (Å²) in [7, 11) is -2.13. The average Bonchev–Trinajstić information content (AvgIpc) is 2.65. The van der Waals surface area contributed by atoms with Gasteiger partial charge in [-0.2, -0.15) is 0 Å². The molecule has 2 aromatic carbocycles. The summed E-state index contributed by atoms with van der Waals surface area (Å²) in [6.07, 6.45) is 0.788.